The van der Waals surface area contributed by atoms with Crippen LogP contribution in [0.3, 0.4) is 0 Å². The molecule has 110 valence electrons. The van der Waals surface area contributed by atoms with Crippen molar-refractivity contribution < 1.29 is 4.79 Å². The zero-order valence-corrected chi connectivity index (χ0v) is 13.6. The summed E-state index contributed by atoms with van der Waals surface area (Å²) in [6.45, 7) is 3.81. The molecule has 0 unspecified atom stereocenters. The number of urea groups is 1. The van der Waals surface area contributed by atoms with E-state index < -0.39 is 0 Å². The average molecular weight is 347 g/mol. The van der Waals surface area contributed by atoms with E-state index in [2.05, 4.69) is 21.2 Å². The number of carbonyl (C=O) groups excluding carboxylic acids is 1. The Bertz CT molecular complexity index is 586. The Morgan fingerprint density at radius 2 is 1.76 bits per heavy atom. The predicted molar refractivity (Wildman–Crippen MR) is 88.9 cm³/mol. The average Bonchev–Trinajstić information content (AvgIpc) is 2.52. The Morgan fingerprint density at radius 1 is 1.10 bits per heavy atom. The highest BCUT2D eigenvalue weighted by Crippen LogP contribution is 2.15. The standard InChI is InChI=1S/C17H19BrN2O/c1-2-20(13-14-8-4-3-5-9-14)17(21)19-12-15-10-6-7-11-16(15)18/h3-11H,2,12-13H2,1H3,(H,19,21). The first-order valence-corrected chi connectivity index (χ1v) is 7.80. The van der Waals surface area contributed by atoms with Gasteiger partial charge in [0.1, 0.15) is 0 Å². The van der Waals surface area contributed by atoms with Gasteiger partial charge in [-0.1, -0.05) is 64.5 Å². The van der Waals surface area contributed by atoms with E-state index in [4.69, 9.17) is 0 Å². The predicted octanol–water partition coefficient (Wildman–Crippen LogP) is 4.18. The van der Waals surface area contributed by atoms with E-state index in [-0.39, 0.29) is 6.03 Å². The topological polar surface area (TPSA) is 32.3 Å². The SMILES string of the molecule is CCN(Cc1ccccc1)C(=O)NCc1ccccc1Br. The summed E-state index contributed by atoms with van der Waals surface area (Å²) in [7, 11) is 0. The lowest BCUT2D eigenvalue weighted by atomic mass is 10.2. The molecule has 2 rings (SSSR count). The number of carbonyl (C=O) groups is 1. The summed E-state index contributed by atoms with van der Waals surface area (Å²) in [6, 6.07) is 17.9. The molecule has 0 aliphatic carbocycles. The Labute approximate surface area is 134 Å². The molecule has 0 aromatic heterocycles. The van der Waals surface area contributed by atoms with Crippen LogP contribution in [0.2, 0.25) is 0 Å². The Balaban J connectivity index is 1.93. The normalized spacial score (nSPS) is 10.2. The molecule has 2 aromatic carbocycles. The number of hydrogen-bond acceptors (Lipinski definition) is 1. The van der Waals surface area contributed by atoms with E-state index in [1.165, 1.54) is 0 Å². The van der Waals surface area contributed by atoms with Crippen molar-refractivity contribution in [2.45, 2.75) is 20.0 Å². The van der Waals surface area contributed by atoms with Crippen molar-refractivity contribution in [1.29, 1.82) is 0 Å². The molecule has 3 nitrogen and oxygen atoms in total. The van der Waals surface area contributed by atoms with Crippen LogP contribution in [0.25, 0.3) is 0 Å². The van der Waals surface area contributed by atoms with Gasteiger partial charge in [0.05, 0.1) is 0 Å². The summed E-state index contributed by atoms with van der Waals surface area (Å²) >= 11 is 3.49. The molecular formula is C17H19BrN2O. The quantitative estimate of drug-likeness (QED) is 0.865. The van der Waals surface area contributed by atoms with E-state index in [9.17, 15) is 4.79 Å². The Kier molecular flexibility index (Phi) is 5.81. The molecule has 0 aliphatic rings. The zero-order valence-electron chi connectivity index (χ0n) is 12.1. The van der Waals surface area contributed by atoms with E-state index in [0.29, 0.717) is 19.6 Å². The number of rotatable bonds is 5. The fraction of sp³-hybridized carbons (Fsp3) is 0.235. The highest BCUT2D eigenvalue weighted by Gasteiger charge is 2.11. The molecule has 21 heavy (non-hydrogen) atoms. The lowest BCUT2D eigenvalue weighted by molar-refractivity contribution is 0.197. The summed E-state index contributed by atoms with van der Waals surface area (Å²) < 4.78 is 1.01. The van der Waals surface area contributed by atoms with Gasteiger partial charge in [-0.05, 0) is 24.1 Å². The molecule has 0 aliphatic heterocycles. The highest BCUT2D eigenvalue weighted by atomic mass is 79.9. The van der Waals surface area contributed by atoms with Crippen LogP contribution in [-0.4, -0.2) is 17.5 Å². The maximum Gasteiger partial charge on any atom is 0.317 e. The second kappa shape index (κ2) is 7.84. The van der Waals surface area contributed by atoms with Gasteiger partial charge in [0.2, 0.25) is 0 Å². The first-order valence-electron chi connectivity index (χ1n) is 7.00. The maximum atomic E-state index is 12.3. The second-order valence-corrected chi connectivity index (χ2v) is 5.60. The fourth-order valence-corrected chi connectivity index (χ4v) is 2.48. The largest absolute Gasteiger partial charge is 0.334 e. The van der Waals surface area contributed by atoms with Crippen molar-refractivity contribution in [2.75, 3.05) is 6.54 Å². The van der Waals surface area contributed by atoms with Gasteiger partial charge in [-0.2, -0.15) is 0 Å². The lowest BCUT2D eigenvalue weighted by Gasteiger charge is -2.21. The van der Waals surface area contributed by atoms with Gasteiger partial charge >= 0.3 is 6.03 Å². The monoisotopic (exact) mass is 346 g/mol. The van der Waals surface area contributed by atoms with Gasteiger partial charge in [-0.25, -0.2) is 4.79 Å². The molecule has 0 fully saturated rings. The maximum absolute atomic E-state index is 12.3. The van der Waals surface area contributed by atoms with Crippen LogP contribution in [0.4, 0.5) is 4.79 Å². The highest BCUT2D eigenvalue weighted by molar-refractivity contribution is 9.10. The summed E-state index contributed by atoms with van der Waals surface area (Å²) in [5, 5.41) is 2.97. The van der Waals surface area contributed by atoms with Crippen LogP contribution in [0.5, 0.6) is 0 Å². The number of amides is 2. The van der Waals surface area contributed by atoms with Crippen LogP contribution in [-0.2, 0) is 13.1 Å². The van der Waals surface area contributed by atoms with Crippen molar-refractivity contribution in [2.24, 2.45) is 0 Å². The molecule has 0 radical (unpaired) electrons. The molecule has 1 N–H and O–H groups in total. The van der Waals surface area contributed by atoms with E-state index in [1.807, 2.05) is 61.5 Å². The van der Waals surface area contributed by atoms with E-state index in [1.54, 1.807) is 4.90 Å². The Hall–Kier alpha value is -1.81. The number of halogens is 1. The van der Waals surface area contributed by atoms with Crippen LogP contribution in [0, 0.1) is 0 Å². The fourth-order valence-electron chi connectivity index (χ4n) is 2.06. The van der Waals surface area contributed by atoms with Crippen LogP contribution >= 0.6 is 15.9 Å². The molecule has 0 heterocycles. The molecular weight excluding hydrogens is 328 g/mol. The van der Waals surface area contributed by atoms with Crippen LogP contribution in [0.15, 0.2) is 59.1 Å². The van der Waals surface area contributed by atoms with Gasteiger partial charge in [-0.15, -0.1) is 0 Å². The first-order chi connectivity index (χ1) is 10.2. The summed E-state index contributed by atoms with van der Waals surface area (Å²) in [5.74, 6) is 0. The molecule has 2 aromatic rings. The molecule has 0 saturated heterocycles. The molecule has 4 heteroatoms. The second-order valence-electron chi connectivity index (χ2n) is 4.75. The van der Waals surface area contributed by atoms with Crippen LogP contribution < -0.4 is 5.32 Å². The summed E-state index contributed by atoms with van der Waals surface area (Å²) in [4.78, 5) is 14.1. The molecule has 0 saturated carbocycles. The van der Waals surface area contributed by atoms with Gasteiger partial charge in [0, 0.05) is 24.1 Å². The van der Waals surface area contributed by atoms with E-state index in [0.717, 1.165) is 15.6 Å². The van der Waals surface area contributed by atoms with Gasteiger partial charge in [0.15, 0.2) is 0 Å². The smallest absolute Gasteiger partial charge is 0.317 e. The van der Waals surface area contributed by atoms with Crippen molar-refractivity contribution in [3.05, 3.63) is 70.2 Å². The zero-order chi connectivity index (χ0) is 15.1. The van der Waals surface area contributed by atoms with Gasteiger partial charge in [-0.3, -0.25) is 0 Å². The van der Waals surface area contributed by atoms with E-state index >= 15 is 0 Å². The molecule has 0 bridgehead atoms. The minimum absolute atomic E-state index is 0.0443. The third kappa shape index (κ3) is 4.60. The molecule has 0 spiro atoms. The first kappa shape index (κ1) is 15.6. The third-order valence-electron chi connectivity index (χ3n) is 3.27. The van der Waals surface area contributed by atoms with Gasteiger partial charge < -0.3 is 10.2 Å². The minimum atomic E-state index is -0.0443. The van der Waals surface area contributed by atoms with Crippen molar-refractivity contribution in [3.63, 3.8) is 0 Å². The number of nitrogens with one attached hydrogen (secondary N) is 1. The van der Waals surface area contributed by atoms with Gasteiger partial charge in [0.25, 0.3) is 0 Å². The summed E-state index contributed by atoms with van der Waals surface area (Å²) in [6.07, 6.45) is 0. The number of nitrogens with zero attached hydrogens (tertiary/aromatic N) is 1. The van der Waals surface area contributed by atoms with Crippen molar-refractivity contribution >= 4 is 22.0 Å². The summed E-state index contributed by atoms with van der Waals surface area (Å²) in [5.41, 5.74) is 2.21. The van der Waals surface area contributed by atoms with Crippen molar-refractivity contribution in [1.82, 2.24) is 10.2 Å². The van der Waals surface area contributed by atoms with Crippen LogP contribution in [0.1, 0.15) is 18.1 Å². The lowest BCUT2D eigenvalue weighted by Crippen LogP contribution is -2.39. The number of benzene rings is 2. The molecule has 2 amide bonds. The van der Waals surface area contributed by atoms with Crippen molar-refractivity contribution in [3.8, 4) is 0 Å². The molecule has 0 atom stereocenters. The number of hydrogen-bond donors (Lipinski definition) is 1. The Morgan fingerprint density at radius 3 is 2.43 bits per heavy atom. The third-order valence-corrected chi connectivity index (χ3v) is 4.05. The minimum Gasteiger partial charge on any atom is -0.334 e.